The molecule has 0 saturated heterocycles. The summed E-state index contributed by atoms with van der Waals surface area (Å²) in [5.41, 5.74) is 6.30. The van der Waals surface area contributed by atoms with Crippen LogP contribution in [0.3, 0.4) is 0 Å². The van der Waals surface area contributed by atoms with Crippen LogP contribution in [0.25, 0.3) is 21.0 Å². The van der Waals surface area contributed by atoms with Gasteiger partial charge < -0.3 is 0 Å². The molecule has 3 rings (SSSR count). The molecule has 0 aliphatic heterocycles. The fourth-order valence-electron chi connectivity index (χ4n) is 2.38. The van der Waals surface area contributed by atoms with Gasteiger partial charge in [0.25, 0.3) is 0 Å². The second-order valence-corrected chi connectivity index (χ2v) is 8.33. The zero-order chi connectivity index (χ0) is 14.3. The van der Waals surface area contributed by atoms with Gasteiger partial charge >= 0.3 is 126 Å². The third-order valence-electron chi connectivity index (χ3n) is 3.55. The first-order valence-corrected chi connectivity index (χ1v) is 8.75. The average Bonchev–Trinajstić information content (AvgIpc) is 2.84. The maximum absolute atomic E-state index is 4.82. The number of pyridine rings is 1. The van der Waals surface area contributed by atoms with Crippen LogP contribution in [0.15, 0.2) is 41.3 Å². The van der Waals surface area contributed by atoms with Crippen molar-refractivity contribution in [2.75, 3.05) is 0 Å². The van der Waals surface area contributed by atoms with Gasteiger partial charge in [-0.25, -0.2) is 0 Å². The Bertz CT molecular complexity index is 762. The second kappa shape index (κ2) is 4.87. The first kappa shape index (κ1) is 13.6. The van der Waals surface area contributed by atoms with Crippen molar-refractivity contribution in [2.24, 2.45) is 0 Å². The Labute approximate surface area is 126 Å². The van der Waals surface area contributed by atoms with E-state index in [1.165, 1.54) is 21.0 Å². The van der Waals surface area contributed by atoms with Gasteiger partial charge in [-0.05, 0) is 0 Å². The quantitative estimate of drug-likeness (QED) is 0.597. The van der Waals surface area contributed by atoms with E-state index in [2.05, 4.69) is 69.0 Å². The Morgan fingerprint density at radius 3 is 2.55 bits per heavy atom. The van der Waals surface area contributed by atoms with Crippen LogP contribution in [0.5, 0.6) is 0 Å². The van der Waals surface area contributed by atoms with Crippen molar-refractivity contribution in [3.63, 3.8) is 0 Å². The van der Waals surface area contributed by atoms with E-state index < -0.39 is 0 Å². The molecule has 2 heterocycles. The summed E-state index contributed by atoms with van der Waals surface area (Å²) < 4.78 is 1.39. The molecule has 1 nitrogen and oxygen atoms in total. The number of hydrogen-bond donors (Lipinski definition) is 0. The summed E-state index contributed by atoms with van der Waals surface area (Å²) >= 11 is 0.476. The predicted molar refractivity (Wildman–Crippen MR) is 87.6 cm³/mol. The van der Waals surface area contributed by atoms with Gasteiger partial charge in [-0.2, -0.15) is 0 Å². The van der Waals surface area contributed by atoms with Crippen molar-refractivity contribution in [1.82, 2.24) is 4.98 Å². The topological polar surface area (TPSA) is 12.9 Å². The van der Waals surface area contributed by atoms with Crippen molar-refractivity contribution in [3.05, 3.63) is 52.5 Å². The Kier molecular flexibility index (Phi) is 3.32. The molecule has 2 aromatic heterocycles. The Morgan fingerprint density at radius 1 is 1.00 bits per heavy atom. The molecule has 0 fully saturated rings. The molecular weight excluding hydrogens is 309 g/mol. The molecule has 1 aromatic carbocycles. The van der Waals surface area contributed by atoms with Crippen LogP contribution in [0.4, 0.5) is 0 Å². The molecule has 0 saturated carbocycles. The molecule has 0 bridgehead atoms. The Balaban J connectivity index is 2.15. The first-order valence-electron chi connectivity index (χ1n) is 6.90. The molecule has 3 aromatic rings. The second-order valence-electron chi connectivity index (χ2n) is 6.34. The number of nitrogens with zero attached hydrogens (tertiary/aromatic N) is 1. The molecule has 0 atom stereocenters. The van der Waals surface area contributed by atoms with Crippen molar-refractivity contribution < 1.29 is 0 Å². The van der Waals surface area contributed by atoms with Crippen LogP contribution >= 0.6 is 0 Å². The number of aromatic nitrogens is 1. The van der Waals surface area contributed by atoms with E-state index in [4.69, 9.17) is 4.98 Å². The van der Waals surface area contributed by atoms with Crippen molar-refractivity contribution >= 4 is 24.3 Å². The summed E-state index contributed by atoms with van der Waals surface area (Å²) in [5, 5.41) is 0. The van der Waals surface area contributed by atoms with E-state index >= 15 is 0 Å². The van der Waals surface area contributed by atoms with Crippen LogP contribution < -0.4 is 0 Å². The molecule has 20 heavy (non-hydrogen) atoms. The molecule has 0 N–H and O–H groups in total. The van der Waals surface area contributed by atoms with Gasteiger partial charge in [0.05, 0.1) is 0 Å². The number of aryl methyl sites for hydroxylation is 1. The van der Waals surface area contributed by atoms with Crippen molar-refractivity contribution in [2.45, 2.75) is 33.1 Å². The van der Waals surface area contributed by atoms with E-state index in [9.17, 15) is 0 Å². The van der Waals surface area contributed by atoms with E-state index in [-0.39, 0.29) is 5.41 Å². The monoisotopic (exact) mass is 329 g/mol. The third kappa shape index (κ3) is 2.59. The number of rotatable bonds is 1. The Hall–Kier alpha value is -1.37. The minimum atomic E-state index is 0.167. The predicted octanol–water partition coefficient (Wildman–Crippen LogP) is 4.56. The molecular formula is C18H19NSe. The van der Waals surface area contributed by atoms with Crippen LogP contribution in [0.1, 0.15) is 31.9 Å². The van der Waals surface area contributed by atoms with Gasteiger partial charge in [0, 0.05) is 0 Å². The van der Waals surface area contributed by atoms with E-state index in [1.807, 2.05) is 0 Å². The van der Waals surface area contributed by atoms with Gasteiger partial charge in [-0.1, -0.05) is 0 Å². The fraction of sp³-hybridized carbons (Fsp3) is 0.278. The fourth-order valence-corrected chi connectivity index (χ4v) is 3.90. The summed E-state index contributed by atoms with van der Waals surface area (Å²) in [4.78, 5) is 7.06. The third-order valence-corrected chi connectivity index (χ3v) is 5.37. The van der Waals surface area contributed by atoms with Gasteiger partial charge in [0.1, 0.15) is 0 Å². The molecule has 2 heteroatoms. The summed E-state index contributed by atoms with van der Waals surface area (Å²) in [6.45, 7) is 8.93. The van der Waals surface area contributed by atoms with Crippen molar-refractivity contribution in [1.29, 1.82) is 0 Å². The molecule has 102 valence electrons. The summed E-state index contributed by atoms with van der Waals surface area (Å²) in [6, 6.07) is 13.3. The molecule has 0 radical (unpaired) electrons. The summed E-state index contributed by atoms with van der Waals surface area (Å²) in [5.74, 6) is 0. The number of hydrogen-bond acceptors (Lipinski definition) is 1. The van der Waals surface area contributed by atoms with Gasteiger partial charge in [-0.3, -0.25) is 0 Å². The zero-order valence-electron chi connectivity index (χ0n) is 12.4. The van der Waals surface area contributed by atoms with Gasteiger partial charge in [0.15, 0.2) is 0 Å². The number of fused-ring (bicyclic) bond motifs is 1. The van der Waals surface area contributed by atoms with Crippen LogP contribution in [0, 0.1) is 6.92 Å². The van der Waals surface area contributed by atoms with Crippen LogP contribution in [-0.4, -0.2) is 19.5 Å². The number of benzene rings is 1. The van der Waals surface area contributed by atoms with Crippen LogP contribution in [-0.2, 0) is 5.41 Å². The molecule has 0 amide bonds. The maximum atomic E-state index is 4.82. The standard InChI is InChI=1S/C18H19NSe/c1-12-9-13(11-14(10-12)18(2,3)4)15-5-6-17-16(19-15)7-8-20-17/h5-11H,1-4H3. The summed E-state index contributed by atoms with van der Waals surface area (Å²) in [7, 11) is 0. The Morgan fingerprint density at radius 2 is 1.80 bits per heavy atom. The average molecular weight is 328 g/mol. The molecule has 0 aliphatic carbocycles. The molecule has 0 spiro atoms. The van der Waals surface area contributed by atoms with E-state index in [0.29, 0.717) is 14.5 Å². The molecule has 0 aliphatic rings. The van der Waals surface area contributed by atoms with Gasteiger partial charge in [-0.15, -0.1) is 0 Å². The normalized spacial score (nSPS) is 12.0. The van der Waals surface area contributed by atoms with E-state index in [0.717, 1.165) is 11.2 Å². The molecule has 0 unspecified atom stereocenters. The SMILES string of the molecule is Cc1cc(-c2ccc3[se]ccc3n2)cc(C(C)(C)C)c1. The van der Waals surface area contributed by atoms with Crippen molar-refractivity contribution in [3.8, 4) is 11.3 Å². The van der Waals surface area contributed by atoms with Crippen LogP contribution in [0.2, 0.25) is 0 Å². The van der Waals surface area contributed by atoms with Gasteiger partial charge in [0.2, 0.25) is 0 Å². The first-order chi connectivity index (χ1) is 9.43. The van der Waals surface area contributed by atoms with E-state index in [1.54, 1.807) is 0 Å². The zero-order valence-corrected chi connectivity index (χ0v) is 14.1. The minimum absolute atomic E-state index is 0.167. The summed E-state index contributed by atoms with van der Waals surface area (Å²) in [6.07, 6.45) is 0.